The average molecular weight is 452 g/mol. The number of carbonyl (C=O) groups is 2. The van der Waals surface area contributed by atoms with E-state index < -0.39 is 5.97 Å². The number of hydrogen-bond acceptors (Lipinski definition) is 4. The van der Waals surface area contributed by atoms with Gasteiger partial charge in [0.05, 0.1) is 12.3 Å². The van der Waals surface area contributed by atoms with E-state index in [1.54, 1.807) is 16.3 Å². The van der Waals surface area contributed by atoms with Crippen molar-refractivity contribution in [2.24, 2.45) is 0 Å². The van der Waals surface area contributed by atoms with Crippen LogP contribution in [0.2, 0.25) is 0 Å². The Morgan fingerprint density at radius 2 is 1.61 bits per heavy atom. The van der Waals surface area contributed by atoms with Gasteiger partial charge in [-0.2, -0.15) is 0 Å². The lowest BCUT2D eigenvalue weighted by molar-refractivity contribution is -0.137. The summed E-state index contributed by atoms with van der Waals surface area (Å²) >= 11 is 1.55. The Labute approximate surface area is 193 Å². The summed E-state index contributed by atoms with van der Waals surface area (Å²) in [5, 5.41) is 9.12. The minimum absolute atomic E-state index is 0.0743. The molecule has 31 heavy (non-hydrogen) atoms. The SMILES string of the molecule is CCCCCCCCCCC(=O)N(SC(C)CC)c1ccccc1OCCCC(=O)O. The van der Waals surface area contributed by atoms with Crippen LogP contribution in [0.4, 0.5) is 5.69 Å². The number of rotatable bonds is 18. The van der Waals surface area contributed by atoms with Gasteiger partial charge in [-0.3, -0.25) is 13.9 Å². The number of nitrogens with zero attached hydrogens (tertiary/aromatic N) is 1. The van der Waals surface area contributed by atoms with Gasteiger partial charge < -0.3 is 9.84 Å². The van der Waals surface area contributed by atoms with Gasteiger partial charge in [-0.25, -0.2) is 0 Å². The van der Waals surface area contributed by atoms with Crippen LogP contribution in [0, 0.1) is 0 Å². The molecule has 0 radical (unpaired) electrons. The van der Waals surface area contributed by atoms with Gasteiger partial charge in [0.25, 0.3) is 0 Å². The fraction of sp³-hybridized carbons (Fsp3) is 0.680. The van der Waals surface area contributed by atoms with E-state index >= 15 is 0 Å². The third-order valence-corrected chi connectivity index (χ3v) is 6.51. The quantitative estimate of drug-likeness (QED) is 0.188. The van der Waals surface area contributed by atoms with Crippen molar-refractivity contribution in [3.8, 4) is 5.75 Å². The van der Waals surface area contributed by atoms with Crippen molar-refractivity contribution in [3.63, 3.8) is 0 Å². The molecular weight excluding hydrogens is 410 g/mol. The van der Waals surface area contributed by atoms with Crippen LogP contribution in [0.25, 0.3) is 0 Å². The fourth-order valence-electron chi connectivity index (χ4n) is 3.17. The number of carbonyl (C=O) groups excluding carboxylic acids is 1. The topological polar surface area (TPSA) is 66.8 Å². The van der Waals surface area contributed by atoms with Gasteiger partial charge in [0, 0.05) is 18.1 Å². The second kappa shape index (κ2) is 16.9. The summed E-state index contributed by atoms with van der Waals surface area (Å²) in [7, 11) is 0. The Kier molecular flexibility index (Phi) is 14.9. The van der Waals surface area contributed by atoms with Crippen molar-refractivity contribution >= 4 is 29.5 Å². The number of aliphatic carboxylic acids is 1. The zero-order valence-electron chi connectivity index (χ0n) is 19.6. The van der Waals surface area contributed by atoms with E-state index in [0.29, 0.717) is 30.4 Å². The van der Waals surface area contributed by atoms with Crippen molar-refractivity contribution in [2.75, 3.05) is 10.9 Å². The molecule has 1 aromatic carbocycles. The van der Waals surface area contributed by atoms with Crippen LogP contribution in [0.1, 0.15) is 97.8 Å². The van der Waals surface area contributed by atoms with Crippen LogP contribution in [-0.4, -0.2) is 28.8 Å². The molecule has 0 bridgehead atoms. The van der Waals surface area contributed by atoms with Gasteiger partial charge in [0.2, 0.25) is 5.91 Å². The van der Waals surface area contributed by atoms with Gasteiger partial charge in [0.15, 0.2) is 0 Å². The standard InChI is InChI=1S/C25H41NO4S/c1-4-6-7-8-9-10-11-12-18-24(27)26(31-21(3)5-2)22-16-13-14-17-23(22)30-20-15-19-25(28)29/h13-14,16-17,21H,4-12,15,18-20H2,1-3H3,(H,28,29). The van der Waals surface area contributed by atoms with Crippen molar-refractivity contribution in [1.82, 2.24) is 0 Å². The molecule has 1 atom stereocenters. The first-order valence-corrected chi connectivity index (χ1v) is 12.8. The Balaban J connectivity index is 2.67. The van der Waals surface area contributed by atoms with Crippen molar-refractivity contribution < 1.29 is 19.4 Å². The number of para-hydroxylation sites is 2. The third-order valence-electron chi connectivity index (χ3n) is 5.21. The van der Waals surface area contributed by atoms with E-state index in [9.17, 15) is 9.59 Å². The highest BCUT2D eigenvalue weighted by Gasteiger charge is 2.22. The maximum Gasteiger partial charge on any atom is 0.303 e. The van der Waals surface area contributed by atoms with E-state index in [2.05, 4.69) is 20.8 Å². The summed E-state index contributed by atoms with van der Waals surface area (Å²) in [6, 6.07) is 7.55. The molecule has 6 heteroatoms. The molecule has 0 saturated carbocycles. The van der Waals surface area contributed by atoms with Crippen molar-refractivity contribution in [2.45, 2.75) is 103 Å². The highest BCUT2D eigenvalue weighted by molar-refractivity contribution is 8.01. The molecule has 0 aliphatic carbocycles. The lowest BCUT2D eigenvalue weighted by Gasteiger charge is -2.26. The molecule has 1 amide bonds. The first kappa shape index (κ1) is 27.3. The lowest BCUT2D eigenvalue weighted by atomic mass is 10.1. The van der Waals surface area contributed by atoms with Crippen LogP contribution in [-0.2, 0) is 9.59 Å². The zero-order valence-corrected chi connectivity index (χ0v) is 20.4. The second-order valence-electron chi connectivity index (χ2n) is 8.05. The first-order valence-electron chi connectivity index (χ1n) is 11.9. The molecule has 0 aromatic heterocycles. The first-order chi connectivity index (χ1) is 15.0. The summed E-state index contributed by atoms with van der Waals surface area (Å²) in [6.07, 6.45) is 11.7. The molecule has 0 saturated heterocycles. The predicted octanol–water partition coefficient (Wildman–Crippen LogP) is 7.24. The molecule has 0 aliphatic heterocycles. The third kappa shape index (κ3) is 12.1. The van der Waals surface area contributed by atoms with Gasteiger partial charge in [0.1, 0.15) is 5.75 Å². The maximum absolute atomic E-state index is 13.1. The number of amides is 1. The minimum atomic E-state index is -0.827. The Bertz CT molecular complexity index is 638. The van der Waals surface area contributed by atoms with Gasteiger partial charge >= 0.3 is 5.97 Å². The maximum atomic E-state index is 13.1. The van der Waals surface area contributed by atoms with Crippen molar-refractivity contribution in [3.05, 3.63) is 24.3 Å². The molecule has 1 rings (SSSR count). The largest absolute Gasteiger partial charge is 0.491 e. The summed E-state index contributed by atoms with van der Waals surface area (Å²) in [6.45, 7) is 6.79. The van der Waals surface area contributed by atoms with E-state index in [-0.39, 0.29) is 12.3 Å². The van der Waals surface area contributed by atoms with Crippen molar-refractivity contribution in [1.29, 1.82) is 0 Å². The monoisotopic (exact) mass is 451 g/mol. The molecule has 176 valence electrons. The molecule has 1 aromatic rings. The Hall–Kier alpha value is -1.69. The molecule has 1 N–H and O–H groups in total. The number of benzene rings is 1. The zero-order chi connectivity index (χ0) is 22.9. The second-order valence-corrected chi connectivity index (χ2v) is 9.43. The Morgan fingerprint density at radius 1 is 0.968 bits per heavy atom. The van der Waals surface area contributed by atoms with Crippen LogP contribution in [0.15, 0.2) is 24.3 Å². The highest BCUT2D eigenvalue weighted by atomic mass is 32.2. The summed E-state index contributed by atoms with van der Waals surface area (Å²) < 4.78 is 7.65. The Morgan fingerprint density at radius 3 is 2.26 bits per heavy atom. The summed E-state index contributed by atoms with van der Waals surface area (Å²) in [5.74, 6) is -0.0859. The number of ether oxygens (including phenoxy) is 1. The highest BCUT2D eigenvalue weighted by Crippen LogP contribution is 2.35. The summed E-state index contributed by atoms with van der Waals surface area (Å²) in [4.78, 5) is 23.8. The lowest BCUT2D eigenvalue weighted by Crippen LogP contribution is -2.26. The van der Waals surface area contributed by atoms with E-state index in [1.165, 1.54) is 38.5 Å². The number of hydrogen-bond donors (Lipinski definition) is 1. The van der Waals surface area contributed by atoms with Gasteiger partial charge in [-0.05, 0) is 43.3 Å². The molecule has 0 fully saturated rings. The normalized spacial score (nSPS) is 11.8. The van der Waals surface area contributed by atoms with Crippen LogP contribution < -0.4 is 9.04 Å². The van der Waals surface area contributed by atoms with Gasteiger partial charge in [-0.1, -0.05) is 77.8 Å². The van der Waals surface area contributed by atoms with E-state index in [0.717, 1.165) is 24.9 Å². The number of carboxylic acid groups (broad SMARTS) is 1. The fourth-order valence-corrected chi connectivity index (χ4v) is 4.15. The molecule has 5 nitrogen and oxygen atoms in total. The number of carboxylic acids is 1. The van der Waals surface area contributed by atoms with Crippen LogP contribution >= 0.6 is 11.9 Å². The number of anilines is 1. The van der Waals surface area contributed by atoms with E-state index in [4.69, 9.17) is 9.84 Å². The van der Waals surface area contributed by atoms with Crippen LogP contribution in [0.5, 0.6) is 5.75 Å². The number of unbranched alkanes of at least 4 members (excludes halogenated alkanes) is 7. The molecule has 0 aliphatic rings. The molecule has 0 spiro atoms. The predicted molar refractivity (Wildman–Crippen MR) is 131 cm³/mol. The minimum Gasteiger partial charge on any atom is -0.491 e. The van der Waals surface area contributed by atoms with Gasteiger partial charge in [-0.15, -0.1) is 0 Å². The smallest absolute Gasteiger partial charge is 0.303 e. The molecule has 0 heterocycles. The molecule has 1 unspecified atom stereocenters. The average Bonchev–Trinajstić information content (AvgIpc) is 2.76. The molecular formula is C25H41NO4S. The van der Waals surface area contributed by atoms with Crippen LogP contribution in [0.3, 0.4) is 0 Å². The van der Waals surface area contributed by atoms with E-state index in [1.807, 2.05) is 24.3 Å². The summed E-state index contributed by atoms with van der Waals surface area (Å²) in [5.41, 5.74) is 0.757.